The van der Waals surface area contributed by atoms with Gasteiger partial charge < -0.3 is 19.7 Å². The van der Waals surface area contributed by atoms with Crippen molar-refractivity contribution in [3.8, 4) is 0 Å². The van der Waals surface area contributed by atoms with Gasteiger partial charge in [0.1, 0.15) is 0 Å². The summed E-state index contributed by atoms with van der Waals surface area (Å²) in [6, 6.07) is 11.5. The van der Waals surface area contributed by atoms with E-state index in [-0.39, 0.29) is 16.8 Å². The molecule has 1 atom stereocenters. The minimum atomic E-state index is -1.07. The maximum atomic E-state index is 12.4. The summed E-state index contributed by atoms with van der Waals surface area (Å²) in [6.45, 7) is 5.92. The molecule has 1 heterocycles. The number of nitro groups is 1. The first-order valence-corrected chi connectivity index (χ1v) is 9.55. The lowest BCUT2D eigenvalue weighted by molar-refractivity contribution is -0.385. The second kappa shape index (κ2) is 9.36. The van der Waals surface area contributed by atoms with Gasteiger partial charge in [-0.3, -0.25) is 14.9 Å². The number of carbonyl (C=O) groups is 2. The van der Waals surface area contributed by atoms with Gasteiger partial charge in [0.05, 0.1) is 23.7 Å². The van der Waals surface area contributed by atoms with Gasteiger partial charge in [0, 0.05) is 36.1 Å². The van der Waals surface area contributed by atoms with Gasteiger partial charge in [0.25, 0.3) is 11.6 Å². The van der Waals surface area contributed by atoms with Crippen LogP contribution in [0.4, 0.5) is 17.1 Å². The molecule has 1 amide bonds. The molecule has 0 aromatic heterocycles. The topological polar surface area (TPSA) is 111 Å². The first-order chi connectivity index (χ1) is 14.4. The Bertz CT molecular complexity index is 938. The molecule has 158 valence electrons. The lowest BCUT2D eigenvalue weighted by Gasteiger charge is -2.28. The Morgan fingerprint density at radius 1 is 1.17 bits per heavy atom. The summed E-state index contributed by atoms with van der Waals surface area (Å²) in [5.41, 5.74) is 1.68. The molecule has 30 heavy (non-hydrogen) atoms. The van der Waals surface area contributed by atoms with Gasteiger partial charge in [-0.2, -0.15) is 0 Å². The van der Waals surface area contributed by atoms with E-state index >= 15 is 0 Å². The zero-order valence-electron chi connectivity index (χ0n) is 16.8. The van der Waals surface area contributed by atoms with Crippen molar-refractivity contribution in [2.24, 2.45) is 0 Å². The summed E-state index contributed by atoms with van der Waals surface area (Å²) in [5, 5.41) is 13.7. The number of nitrogens with zero attached hydrogens (tertiary/aromatic N) is 2. The number of anilines is 2. The normalized spacial score (nSPS) is 14.7. The maximum Gasteiger partial charge on any atom is 0.339 e. The fourth-order valence-electron chi connectivity index (χ4n) is 3.14. The van der Waals surface area contributed by atoms with Crippen molar-refractivity contribution in [3.63, 3.8) is 0 Å². The number of hydrogen-bond acceptors (Lipinski definition) is 7. The molecule has 9 heteroatoms. The van der Waals surface area contributed by atoms with Gasteiger partial charge in [-0.05, 0) is 44.2 Å². The predicted molar refractivity (Wildman–Crippen MR) is 111 cm³/mol. The smallest absolute Gasteiger partial charge is 0.339 e. The largest absolute Gasteiger partial charge is 0.449 e. The third-order valence-electron chi connectivity index (χ3n) is 4.89. The molecule has 3 rings (SSSR count). The molecule has 1 aliphatic heterocycles. The number of esters is 1. The molecule has 0 saturated carbocycles. The van der Waals surface area contributed by atoms with Crippen LogP contribution < -0.4 is 10.2 Å². The predicted octanol–water partition coefficient (Wildman–Crippen LogP) is 2.92. The van der Waals surface area contributed by atoms with E-state index < -0.39 is 22.9 Å². The van der Waals surface area contributed by atoms with E-state index in [0.717, 1.165) is 18.8 Å². The lowest BCUT2D eigenvalue weighted by Crippen LogP contribution is -2.36. The Labute approximate surface area is 173 Å². The van der Waals surface area contributed by atoms with Crippen LogP contribution in [-0.4, -0.2) is 49.2 Å². The summed E-state index contributed by atoms with van der Waals surface area (Å²) < 4.78 is 10.5. The molecule has 9 nitrogen and oxygen atoms in total. The number of nitro benzene ring substituents is 1. The Morgan fingerprint density at radius 3 is 2.47 bits per heavy atom. The van der Waals surface area contributed by atoms with Gasteiger partial charge >= 0.3 is 5.97 Å². The molecule has 0 aliphatic carbocycles. The quantitative estimate of drug-likeness (QED) is 0.440. The van der Waals surface area contributed by atoms with Gasteiger partial charge in [0.15, 0.2) is 6.10 Å². The van der Waals surface area contributed by atoms with Crippen LogP contribution in [0.1, 0.15) is 22.8 Å². The molecule has 0 radical (unpaired) electrons. The average molecular weight is 413 g/mol. The van der Waals surface area contributed by atoms with Gasteiger partial charge in [-0.25, -0.2) is 4.79 Å². The first kappa shape index (κ1) is 21.3. The Balaban J connectivity index is 1.60. The van der Waals surface area contributed by atoms with Crippen molar-refractivity contribution in [3.05, 3.63) is 63.7 Å². The average Bonchev–Trinajstić information content (AvgIpc) is 2.74. The molecule has 0 bridgehead atoms. The number of morpholine rings is 1. The summed E-state index contributed by atoms with van der Waals surface area (Å²) in [6.07, 6.45) is -1.07. The molecular weight excluding hydrogens is 390 g/mol. The summed E-state index contributed by atoms with van der Waals surface area (Å²) in [4.78, 5) is 37.5. The molecule has 1 fully saturated rings. The van der Waals surface area contributed by atoms with E-state index in [2.05, 4.69) is 10.2 Å². The molecule has 1 unspecified atom stereocenters. The van der Waals surface area contributed by atoms with Crippen molar-refractivity contribution in [2.75, 3.05) is 36.5 Å². The molecule has 1 aliphatic rings. The molecule has 1 saturated heterocycles. The number of hydrogen-bond donors (Lipinski definition) is 1. The third kappa shape index (κ3) is 4.93. The highest BCUT2D eigenvalue weighted by Crippen LogP contribution is 2.23. The van der Waals surface area contributed by atoms with E-state index in [0.29, 0.717) is 18.9 Å². The van der Waals surface area contributed by atoms with Crippen LogP contribution in [0.5, 0.6) is 0 Å². The highest BCUT2D eigenvalue weighted by atomic mass is 16.6. The van der Waals surface area contributed by atoms with Crippen LogP contribution >= 0.6 is 0 Å². The van der Waals surface area contributed by atoms with Crippen LogP contribution in [0.25, 0.3) is 0 Å². The summed E-state index contributed by atoms with van der Waals surface area (Å²) in [5.74, 6) is -1.29. The maximum absolute atomic E-state index is 12.4. The second-order valence-corrected chi connectivity index (χ2v) is 6.89. The zero-order valence-corrected chi connectivity index (χ0v) is 16.8. The van der Waals surface area contributed by atoms with Gasteiger partial charge in [0.2, 0.25) is 0 Å². The fraction of sp³-hybridized carbons (Fsp3) is 0.333. The van der Waals surface area contributed by atoms with Crippen LogP contribution in [0.15, 0.2) is 42.5 Å². The first-order valence-electron chi connectivity index (χ1n) is 9.55. The molecule has 2 aromatic rings. The van der Waals surface area contributed by atoms with Gasteiger partial charge in [-0.15, -0.1) is 0 Å². The number of carbonyl (C=O) groups excluding carboxylic acids is 2. The summed E-state index contributed by atoms with van der Waals surface area (Å²) >= 11 is 0. The second-order valence-electron chi connectivity index (χ2n) is 6.89. The number of nitrogens with one attached hydrogen (secondary N) is 1. The highest BCUT2D eigenvalue weighted by molar-refractivity contribution is 5.98. The van der Waals surface area contributed by atoms with Crippen molar-refractivity contribution in [1.82, 2.24) is 0 Å². The van der Waals surface area contributed by atoms with Crippen LogP contribution in [-0.2, 0) is 14.3 Å². The van der Waals surface area contributed by atoms with Crippen molar-refractivity contribution < 1.29 is 24.0 Å². The van der Waals surface area contributed by atoms with E-state index in [9.17, 15) is 19.7 Å². The standard InChI is InChI=1S/C21H23N3O6/c1-14-18(4-3-5-19(14)24(27)28)21(26)30-15(2)20(25)22-16-6-8-17(9-7-16)23-10-12-29-13-11-23/h3-9,15H,10-13H2,1-2H3,(H,22,25). The Kier molecular flexibility index (Phi) is 6.63. The summed E-state index contributed by atoms with van der Waals surface area (Å²) in [7, 11) is 0. The van der Waals surface area contributed by atoms with E-state index in [1.807, 2.05) is 12.1 Å². The van der Waals surface area contributed by atoms with E-state index in [1.165, 1.54) is 32.0 Å². The fourth-order valence-corrected chi connectivity index (χ4v) is 3.14. The number of rotatable bonds is 6. The zero-order chi connectivity index (χ0) is 21.7. The minimum absolute atomic E-state index is 0.0544. The van der Waals surface area contributed by atoms with Crippen LogP contribution in [0, 0.1) is 17.0 Å². The van der Waals surface area contributed by atoms with Crippen LogP contribution in [0.2, 0.25) is 0 Å². The number of amides is 1. The van der Waals surface area contributed by atoms with E-state index in [1.54, 1.807) is 12.1 Å². The van der Waals surface area contributed by atoms with Gasteiger partial charge in [-0.1, -0.05) is 6.07 Å². The third-order valence-corrected chi connectivity index (χ3v) is 4.89. The number of benzene rings is 2. The van der Waals surface area contributed by atoms with Crippen molar-refractivity contribution >= 4 is 28.9 Å². The SMILES string of the molecule is Cc1c(C(=O)OC(C)C(=O)Nc2ccc(N3CCOCC3)cc2)cccc1[N+](=O)[O-]. The Hall–Kier alpha value is -3.46. The molecule has 1 N–H and O–H groups in total. The number of ether oxygens (including phenoxy) is 2. The minimum Gasteiger partial charge on any atom is -0.449 e. The van der Waals surface area contributed by atoms with Crippen LogP contribution in [0.3, 0.4) is 0 Å². The van der Waals surface area contributed by atoms with E-state index in [4.69, 9.17) is 9.47 Å². The lowest BCUT2D eigenvalue weighted by atomic mass is 10.1. The Morgan fingerprint density at radius 2 is 1.83 bits per heavy atom. The van der Waals surface area contributed by atoms with Crippen molar-refractivity contribution in [2.45, 2.75) is 20.0 Å². The van der Waals surface area contributed by atoms with Crippen molar-refractivity contribution in [1.29, 1.82) is 0 Å². The molecular formula is C21H23N3O6. The highest BCUT2D eigenvalue weighted by Gasteiger charge is 2.23. The monoisotopic (exact) mass is 413 g/mol. The molecule has 0 spiro atoms. The molecule has 2 aromatic carbocycles.